The summed E-state index contributed by atoms with van der Waals surface area (Å²) >= 11 is 0. The number of fused-ring (bicyclic) bond motifs is 3. The second kappa shape index (κ2) is 11.5. The van der Waals surface area contributed by atoms with E-state index in [1.807, 2.05) is 48.5 Å². The number of anilines is 2. The van der Waals surface area contributed by atoms with Crippen LogP contribution in [0.3, 0.4) is 0 Å². The second-order valence-electron chi connectivity index (χ2n) is 9.44. The van der Waals surface area contributed by atoms with Gasteiger partial charge in [-0.2, -0.15) is 0 Å². The standard InChI is InChI=1S/C30H27N3O8/c1-40-29(38)22-15-33(12-13-34)27(35)26(22)31-24-11-10-17(28(36)37)14-25(24)32-30(39)41-16-23-20-8-4-2-6-18(20)19-7-3-5-9-21(19)23/h2-11,14,23,31,34H,12-13,15-16H2,1H3,(H,32,39)(H,36,37). The van der Waals surface area contributed by atoms with E-state index in [0.29, 0.717) is 0 Å². The third kappa shape index (κ3) is 5.35. The quantitative estimate of drug-likeness (QED) is 0.290. The molecular formula is C30H27N3O8. The van der Waals surface area contributed by atoms with Crippen molar-refractivity contribution < 1.29 is 38.9 Å². The van der Waals surface area contributed by atoms with Gasteiger partial charge < -0.3 is 29.9 Å². The molecule has 3 aromatic rings. The number of β-amino-alcohol motifs (C(OH)–C–C–N with tert-alkyl or cyclic N) is 1. The molecule has 1 aliphatic heterocycles. The number of nitrogens with zero attached hydrogens (tertiary/aromatic N) is 1. The molecule has 41 heavy (non-hydrogen) atoms. The summed E-state index contributed by atoms with van der Waals surface area (Å²) in [5.74, 6) is -2.71. The van der Waals surface area contributed by atoms with Gasteiger partial charge in [0.2, 0.25) is 0 Å². The number of ether oxygens (including phenoxy) is 2. The normalized spacial score (nSPS) is 14.0. The molecule has 4 N–H and O–H groups in total. The van der Waals surface area contributed by atoms with Crippen molar-refractivity contribution in [1.29, 1.82) is 0 Å². The molecule has 0 saturated carbocycles. The highest BCUT2D eigenvalue weighted by Gasteiger charge is 2.35. The first-order chi connectivity index (χ1) is 19.8. The van der Waals surface area contributed by atoms with Gasteiger partial charge in [-0.05, 0) is 40.5 Å². The van der Waals surface area contributed by atoms with E-state index >= 15 is 0 Å². The van der Waals surface area contributed by atoms with Crippen molar-refractivity contribution in [2.24, 2.45) is 0 Å². The number of nitrogens with one attached hydrogen (secondary N) is 2. The summed E-state index contributed by atoms with van der Waals surface area (Å²) in [7, 11) is 1.18. The van der Waals surface area contributed by atoms with E-state index in [0.717, 1.165) is 22.3 Å². The Morgan fingerprint density at radius 3 is 2.24 bits per heavy atom. The molecule has 0 fully saturated rings. The Labute approximate surface area is 235 Å². The smallest absolute Gasteiger partial charge is 0.411 e. The predicted molar refractivity (Wildman–Crippen MR) is 148 cm³/mol. The Morgan fingerprint density at radius 1 is 0.976 bits per heavy atom. The van der Waals surface area contributed by atoms with Gasteiger partial charge in [0.15, 0.2) is 0 Å². The van der Waals surface area contributed by atoms with Crippen LogP contribution in [0.4, 0.5) is 16.2 Å². The molecule has 0 unspecified atom stereocenters. The van der Waals surface area contributed by atoms with Gasteiger partial charge in [0, 0.05) is 12.5 Å². The number of rotatable bonds is 9. The Hall–Kier alpha value is -5.16. The van der Waals surface area contributed by atoms with Crippen molar-refractivity contribution in [3.8, 4) is 11.1 Å². The van der Waals surface area contributed by atoms with Gasteiger partial charge in [-0.1, -0.05) is 48.5 Å². The maximum Gasteiger partial charge on any atom is 0.411 e. The fourth-order valence-electron chi connectivity index (χ4n) is 5.12. The summed E-state index contributed by atoms with van der Waals surface area (Å²) < 4.78 is 10.4. The second-order valence-corrected chi connectivity index (χ2v) is 9.44. The number of carboxylic acid groups (broad SMARTS) is 1. The van der Waals surface area contributed by atoms with Gasteiger partial charge in [-0.3, -0.25) is 10.1 Å². The summed E-state index contributed by atoms with van der Waals surface area (Å²) in [4.78, 5) is 51.2. The molecule has 3 aromatic carbocycles. The van der Waals surface area contributed by atoms with Crippen molar-refractivity contribution in [1.82, 2.24) is 4.90 Å². The monoisotopic (exact) mass is 557 g/mol. The van der Waals surface area contributed by atoms with E-state index in [4.69, 9.17) is 9.47 Å². The lowest BCUT2D eigenvalue weighted by Gasteiger charge is -2.18. The van der Waals surface area contributed by atoms with Crippen LogP contribution >= 0.6 is 0 Å². The highest BCUT2D eigenvalue weighted by atomic mass is 16.5. The minimum absolute atomic E-state index is 0.00663. The van der Waals surface area contributed by atoms with Gasteiger partial charge in [-0.15, -0.1) is 0 Å². The van der Waals surface area contributed by atoms with E-state index in [9.17, 15) is 29.4 Å². The first-order valence-electron chi connectivity index (χ1n) is 12.8. The molecule has 2 amide bonds. The van der Waals surface area contributed by atoms with Crippen LogP contribution in [0.2, 0.25) is 0 Å². The molecular weight excluding hydrogens is 530 g/mol. The van der Waals surface area contributed by atoms with Gasteiger partial charge in [0.05, 0.1) is 42.8 Å². The third-order valence-electron chi connectivity index (χ3n) is 7.06. The summed E-state index contributed by atoms with van der Waals surface area (Å²) in [6, 6.07) is 19.7. The molecule has 0 saturated heterocycles. The van der Waals surface area contributed by atoms with E-state index in [1.165, 1.54) is 30.2 Å². The Bertz CT molecular complexity index is 1540. The van der Waals surface area contributed by atoms with Crippen LogP contribution in [0.15, 0.2) is 78.0 Å². The van der Waals surface area contributed by atoms with Crippen molar-refractivity contribution >= 4 is 35.3 Å². The molecule has 1 aliphatic carbocycles. The lowest BCUT2D eigenvalue weighted by atomic mass is 9.98. The zero-order chi connectivity index (χ0) is 29.1. The fraction of sp³-hybridized carbons (Fsp3) is 0.200. The Balaban J connectivity index is 1.38. The number of hydrogen-bond donors (Lipinski definition) is 4. The number of aliphatic hydroxyl groups excluding tert-OH is 1. The zero-order valence-corrected chi connectivity index (χ0v) is 22.0. The molecule has 11 nitrogen and oxygen atoms in total. The van der Waals surface area contributed by atoms with Gasteiger partial charge >= 0.3 is 18.0 Å². The number of carbonyl (C=O) groups excluding carboxylic acids is 3. The summed E-state index contributed by atoms with van der Waals surface area (Å²) in [6.07, 6.45) is -0.834. The number of carboxylic acids is 1. The predicted octanol–water partition coefficient (Wildman–Crippen LogP) is 3.42. The zero-order valence-electron chi connectivity index (χ0n) is 22.0. The summed E-state index contributed by atoms with van der Waals surface area (Å²) in [5.41, 5.74) is 4.19. The van der Waals surface area contributed by atoms with Gasteiger partial charge in [0.1, 0.15) is 12.3 Å². The summed E-state index contributed by atoms with van der Waals surface area (Å²) in [6.45, 7) is -0.368. The average Bonchev–Trinajstić information content (AvgIpc) is 3.46. The third-order valence-corrected chi connectivity index (χ3v) is 7.06. The molecule has 0 radical (unpaired) electrons. The lowest BCUT2D eigenvalue weighted by molar-refractivity contribution is -0.136. The van der Waals surface area contributed by atoms with E-state index in [-0.39, 0.29) is 60.4 Å². The Kier molecular flexibility index (Phi) is 7.70. The number of hydrogen-bond acceptors (Lipinski definition) is 8. The minimum Gasteiger partial charge on any atom is -0.478 e. The molecule has 5 rings (SSSR count). The van der Waals surface area contributed by atoms with Crippen LogP contribution in [0.1, 0.15) is 27.4 Å². The number of carbonyl (C=O) groups is 4. The molecule has 0 spiro atoms. The number of benzene rings is 3. The molecule has 210 valence electrons. The number of aromatic carboxylic acids is 1. The molecule has 0 aromatic heterocycles. The first-order valence-corrected chi connectivity index (χ1v) is 12.8. The number of methoxy groups -OCH3 is 1. The minimum atomic E-state index is -1.23. The maximum absolute atomic E-state index is 13.0. The molecule has 0 bridgehead atoms. The van der Waals surface area contributed by atoms with Crippen molar-refractivity contribution in [3.05, 3.63) is 94.7 Å². The summed E-state index contributed by atoms with van der Waals surface area (Å²) in [5, 5.41) is 24.2. The SMILES string of the molecule is COC(=O)C1=C(Nc2ccc(C(=O)O)cc2NC(=O)OCC2c3ccccc3-c3ccccc32)C(=O)N(CCO)C1. The van der Waals surface area contributed by atoms with Crippen LogP contribution in [-0.4, -0.2) is 72.5 Å². The van der Waals surface area contributed by atoms with Crippen LogP contribution in [0.25, 0.3) is 11.1 Å². The number of amides is 2. The molecule has 1 heterocycles. The van der Waals surface area contributed by atoms with Gasteiger partial charge in [-0.25, -0.2) is 14.4 Å². The fourth-order valence-corrected chi connectivity index (χ4v) is 5.12. The maximum atomic E-state index is 13.0. The Morgan fingerprint density at radius 2 is 1.63 bits per heavy atom. The highest BCUT2D eigenvalue weighted by molar-refractivity contribution is 6.09. The molecule has 11 heteroatoms. The average molecular weight is 558 g/mol. The first kappa shape index (κ1) is 27.4. The number of aliphatic hydroxyl groups is 1. The van der Waals surface area contributed by atoms with Crippen LogP contribution in [-0.2, 0) is 19.1 Å². The van der Waals surface area contributed by atoms with Gasteiger partial charge in [0.25, 0.3) is 5.91 Å². The van der Waals surface area contributed by atoms with Crippen LogP contribution in [0, 0.1) is 0 Å². The van der Waals surface area contributed by atoms with Crippen molar-refractivity contribution in [3.63, 3.8) is 0 Å². The molecule has 0 atom stereocenters. The highest BCUT2D eigenvalue weighted by Crippen LogP contribution is 2.44. The molecule has 2 aliphatic rings. The van der Waals surface area contributed by atoms with Crippen LogP contribution in [0.5, 0.6) is 0 Å². The number of esters is 1. The van der Waals surface area contributed by atoms with E-state index < -0.39 is 23.9 Å². The van der Waals surface area contributed by atoms with E-state index in [1.54, 1.807) is 0 Å². The van der Waals surface area contributed by atoms with Crippen LogP contribution < -0.4 is 10.6 Å². The lowest BCUT2D eigenvalue weighted by Crippen LogP contribution is -2.31. The van der Waals surface area contributed by atoms with E-state index in [2.05, 4.69) is 10.6 Å². The largest absolute Gasteiger partial charge is 0.478 e. The van der Waals surface area contributed by atoms with Crippen molar-refractivity contribution in [2.75, 3.05) is 44.0 Å². The van der Waals surface area contributed by atoms with Crippen molar-refractivity contribution in [2.45, 2.75) is 5.92 Å². The topological polar surface area (TPSA) is 154 Å².